The second-order valence-electron chi connectivity index (χ2n) is 4.12. The Morgan fingerprint density at radius 3 is 3.06 bits per heavy atom. The summed E-state index contributed by atoms with van der Waals surface area (Å²) in [7, 11) is 3.59. The third-order valence-corrected chi connectivity index (χ3v) is 2.52. The fourth-order valence-corrected chi connectivity index (χ4v) is 1.61. The summed E-state index contributed by atoms with van der Waals surface area (Å²) in [4.78, 5) is 13.4. The van der Waals surface area contributed by atoms with Crippen LogP contribution in [0, 0.1) is 0 Å². The molecule has 6 heteroatoms. The maximum atomic E-state index is 11.8. The highest BCUT2D eigenvalue weighted by Crippen LogP contribution is 2.02. The monoisotopic (exact) mass is 248 g/mol. The lowest BCUT2D eigenvalue weighted by atomic mass is 10.3. The van der Waals surface area contributed by atoms with Gasteiger partial charge in [-0.25, -0.2) is 4.79 Å². The van der Waals surface area contributed by atoms with Crippen LogP contribution >= 0.6 is 0 Å². The molecule has 0 atom stereocenters. The van der Waals surface area contributed by atoms with Crippen molar-refractivity contribution in [3.05, 3.63) is 42.1 Å². The molecule has 96 valence electrons. The van der Waals surface area contributed by atoms with Crippen LogP contribution < -0.4 is 5.32 Å². The summed E-state index contributed by atoms with van der Waals surface area (Å²) >= 11 is 0. The average Bonchev–Trinajstić information content (AvgIpc) is 2.97. The molecule has 0 bridgehead atoms. The van der Waals surface area contributed by atoms with Crippen molar-refractivity contribution in [2.75, 3.05) is 7.05 Å². The Balaban J connectivity index is 1.81. The molecule has 18 heavy (non-hydrogen) atoms. The lowest BCUT2D eigenvalue weighted by Gasteiger charge is -2.16. The number of hydrogen-bond donors (Lipinski definition) is 1. The molecular weight excluding hydrogens is 232 g/mol. The van der Waals surface area contributed by atoms with Crippen LogP contribution in [0.2, 0.25) is 0 Å². The number of hydrogen-bond acceptors (Lipinski definition) is 3. The van der Waals surface area contributed by atoms with Crippen LogP contribution in [0.5, 0.6) is 0 Å². The fraction of sp³-hybridized carbons (Fsp3) is 0.333. The summed E-state index contributed by atoms with van der Waals surface area (Å²) in [5.41, 5.74) is 0.994. The fourth-order valence-electron chi connectivity index (χ4n) is 1.61. The van der Waals surface area contributed by atoms with E-state index in [4.69, 9.17) is 4.42 Å². The molecule has 6 nitrogen and oxygen atoms in total. The molecule has 2 amide bonds. The van der Waals surface area contributed by atoms with Gasteiger partial charge in [-0.3, -0.25) is 4.68 Å². The van der Waals surface area contributed by atoms with Crippen LogP contribution in [0.4, 0.5) is 4.79 Å². The maximum Gasteiger partial charge on any atom is 0.317 e. The lowest BCUT2D eigenvalue weighted by Crippen LogP contribution is -2.36. The zero-order chi connectivity index (χ0) is 13.0. The highest BCUT2D eigenvalue weighted by Gasteiger charge is 2.10. The summed E-state index contributed by atoms with van der Waals surface area (Å²) in [6, 6.07) is 3.47. The van der Waals surface area contributed by atoms with Gasteiger partial charge in [0.25, 0.3) is 0 Å². The summed E-state index contributed by atoms with van der Waals surface area (Å²) < 4.78 is 6.85. The topological polar surface area (TPSA) is 63.3 Å². The van der Waals surface area contributed by atoms with Gasteiger partial charge < -0.3 is 14.6 Å². The predicted octanol–water partition coefficient (Wildman–Crippen LogP) is 1.35. The van der Waals surface area contributed by atoms with Crippen molar-refractivity contribution in [2.45, 2.75) is 13.1 Å². The van der Waals surface area contributed by atoms with E-state index in [1.54, 1.807) is 35.2 Å². The Hall–Kier alpha value is -2.24. The first-order valence-electron chi connectivity index (χ1n) is 5.64. The zero-order valence-electron chi connectivity index (χ0n) is 10.5. The second kappa shape index (κ2) is 5.39. The molecule has 2 rings (SSSR count). The van der Waals surface area contributed by atoms with E-state index in [1.807, 2.05) is 19.3 Å². The molecule has 1 N–H and O–H groups in total. The lowest BCUT2D eigenvalue weighted by molar-refractivity contribution is 0.205. The predicted molar refractivity (Wildman–Crippen MR) is 65.6 cm³/mol. The minimum absolute atomic E-state index is 0.143. The maximum absolute atomic E-state index is 11.8. The molecule has 0 aliphatic carbocycles. The number of amides is 2. The van der Waals surface area contributed by atoms with Gasteiger partial charge in [-0.05, 0) is 12.1 Å². The van der Waals surface area contributed by atoms with Crippen molar-refractivity contribution in [2.24, 2.45) is 7.05 Å². The minimum Gasteiger partial charge on any atom is -0.467 e. The third kappa shape index (κ3) is 3.13. The van der Waals surface area contributed by atoms with Gasteiger partial charge in [0, 0.05) is 25.9 Å². The third-order valence-electron chi connectivity index (χ3n) is 2.52. The van der Waals surface area contributed by atoms with Crippen LogP contribution in [0.25, 0.3) is 0 Å². The van der Waals surface area contributed by atoms with Gasteiger partial charge in [0.05, 0.1) is 25.5 Å². The Morgan fingerprint density at radius 1 is 1.61 bits per heavy atom. The molecule has 0 saturated carbocycles. The molecule has 2 aromatic rings. The quantitative estimate of drug-likeness (QED) is 0.888. The molecule has 0 aromatic carbocycles. The Kier molecular flexibility index (Phi) is 3.66. The second-order valence-corrected chi connectivity index (χ2v) is 4.12. The van der Waals surface area contributed by atoms with E-state index >= 15 is 0 Å². The largest absolute Gasteiger partial charge is 0.467 e. The number of carbonyl (C=O) groups excluding carboxylic acids is 1. The number of furan rings is 1. The van der Waals surface area contributed by atoms with E-state index in [0.29, 0.717) is 13.1 Å². The van der Waals surface area contributed by atoms with Crippen LogP contribution in [0.15, 0.2) is 35.2 Å². The van der Waals surface area contributed by atoms with E-state index in [0.717, 1.165) is 11.3 Å². The molecule has 0 spiro atoms. The molecule has 0 aliphatic rings. The SMILES string of the molecule is CN(Cc1cnn(C)c1)C(=O)NCc1ccco1. The molecular formula is C12H16N4O2. The van der Waals surface area contributed by atoms with Gasteiger partial charge in [-0.2, -0.15) is 5.10 Å². The number of aromatic nitrogens is 2. The molecule has 0 fully saturated rings. The first-order valence-corrected chi connectivity index (χ1v) is 5.64. The molecule has 0 unspecified atom stereocenters. The van der Waals surface area contributed by atoms with Crippen molar-refractivity contribution in [3.8, 4) is 0 Å². The van der Waals surface area contributed by atoms with Crippen LogP contribution in [-0.2, 0) is 20.1 Å². The summed E-state index contributed by atoms with van der Waals surface area (Å²) in [6.45, 7) is 0.918. The summed E-state index contributed by atoms with van der Waals surface area (Å²) in [6.07, 6.45) is 5.22. The van der Waals surface area contributed by atoms with E-state index in [9.17, 15) is 4.79 Å². The standard InChI is InChI=1S/C12H16N4O2/c1-15(8-10-6-14-16(2)9-10)12(17)13-7-11-4-3-5-18-11/h3-6,9H,7-8H2,1-2H3,(H,13,17). The van der Waals surface area contributed by atoms with Crippen molar-refractivity contribution in [3.63, 3.8) is 0 Å². The van der Waals surface area contributed by atoms with Crippen molar-refractivity contribution in [1.82, 2.24) is 20.0 Å². The molecule has 0 aliphatic heterocycles. The molecule has 0 saturated heterocycles. The Bertz CT molecular complexity index is 504. The van der Waals surface area contributed by atoms with Gasteiger partial charge in [-0.15, -0.1) is 0 Å². The normalized spacial score (nSPS) is 10.3. The highest BCUT2D eigenvalue weighted by atomic mass is 16.3. The number of aryl methyl sites for hydroxylation is 1. The van der Waals surface area contributed by atoms with Crippen LogP contribution in [0.3, 0.4) is 0 Å². The molecule has 0 radical (unpaired) electrons. The number of rotatable bonds is 4. The Labute approximate surface area is 105 Å². The van der Waals surface area contributed by atoms with E-state index in [1.165, 1.54) is 0 Å². The first-order chi connectivity index (χ1) is 8.65. The van der Waals surface area contributed by atoms with Gasteiger partial charge in [0.2, 0.25) is 0 Å². The highest BCUT2D eigenvalue weighted by molar-refractivity contribution is 5.73. The van der Waals surface area contributed by atoms with Gasteiger partial charge in [0.15, 0.2) is 0 Å². The number of nitrogens with zero attached hydrogens (tertiary/aromatic N) is 3. The summed E-state index contributed by atoms with van der Waals surface area (Å²) in [5.74, 6) is 0.734. The van der Waals surface area contributed by atoms with Crippen molar-refractivity contribution >= 4 is 6.03 Å². The Morgan fingerprint density at radius 2 is 2.44 bits per heavy atom. The van der Waals surface area contributed by atoms with Crippen LogP contribution in [-0.4, -0.2) is 27.8 Å². The molecule has 2 aromatic heterocycles. The van der Waals surface area contributed by atoms with E-state index in [-0.39, 0.29) is 6.03 Å². The summed E-state index contributed by atoms with van der Waals surface area (Å²) in [5, 5.41) is 6.84. The number of urea groups is 1. The minimum atomic E-state index is -0.143. The van der Waals surface area contributed by atoms with Gasteiger partial charge in [0.1, 0.15) is 5.76 Å². The smallest absolute Gasteiger partial charge is 0.317 e. The van der Waals surface area contributed by atoms with Crippen LogP contribution in [0.1, 0.15) is 11.3 Å². The van der Waals surface area contributed by atoms with E-state index < -0.39 is 0 Å². The molecule has 2 heterocycles. The van der Waals surface area contributed by atoms with Crippen molar-refractivity contribution in [1.29, 1.82) is 0 Å². The van der Waals surface area contributed by atoms with Crippen molar-refractivity contribution < 1.29 is 9.21 Å². The number of nitrogens with one attached hydrogen (secondary N) is 1. The van der Waals surface area contributed by atoms with Gasteiger partial charge in [-0.1, -0.05) is 0 Å². The average molecular weight is 248 g/mol. The first kappa shape index (κ1) is 12.2. The number of carbonyl (C=O) groups is 1. The van der Waals surface area contributed by atoms with Gasteiger partial charge >= 0.3 is 6.03 Å². The zero-order valence-corrected chi connectivity index (χ0v) is 10.5. The van der Waals surface area contributed by atoms with E-state index in [2.05, 4.69) is 10.4 Å².